The van der Waals surface area contributed by atoms with E-state index in [0.29, 0.717) is 17.0 Å². The molecule has 7 heteroatoms. The Morgan fingerprint density at radius 2 is 1.78 bits per heavy atom. The van der Waals surface area contributed by atoms with Gasteiger partial charge < -0.3 is 9.47 Å². The maximum Gasteiger partial charge on any atom is 0.243 e. The number of halogens is 1. The van der Waals surface area contributed by atoms with Crippen LogP contribution < -0.4 is 0 Å². The zero-order valence-electron chi connectivity index (χ0n) is 15.1. The number of rotatable bonds is 4. The van der Waals surface area contributed by atoms with Crippen molar-refractivity contribution in [1.82, 2.24) is 0 Å². The van der Waals surface area contributed by atoms with Gasteiger partial charge in [0.2, 0.25) is 11.7 Å². The smallest absolute Gasteiger partial charge is 0.243 e. The van der Waals surface area contributed by atoms with Gasteiger partial charge in [0.05, 0.1) is 30.2 Å². The zero-order chi connectivity index (χ0) is 19.9. The fourth-order valence-corrected chi connectivity index (χ4v) is 4.43. The Morgan fingerprint density at radius 1 is 1.15 bits per heavy atom. The van der Waals surface area contributed by atoms with Gasteiger partial charge in [-0.3, -0.25) is 5.41 Å². The summed E-state index contributed by atoms with van der Waals surface area (Å²) < 4.78 is 12.2. The predicted octanol–water partition coefficient (Wildman–Crippen LogP) is 4.27. The fraction of sp³-hybridized carbons (Fsp3) is 0.500. The van der Waals surface area contributed by atoms with Crippen molar-refractivity contribution < 1.29 is 9.47 Å². The van der Waals surface area contributed by atoms with Crippen molar-refractivity contribution in [3.8, 4) is 18.2 Å². The maximum atomic E-state index is 10.1. The van der Waals surface area contributed by atoms with Crippen LogP contribution in [-0.4, -0.2) is 12.0 Å². The van der Waals surface area contributed by atoms with Crippen LogP contribution in [0.3, 0.4) is 0 Å². The number of unbranched alkanes of at least 4 members (excludes halogenated alkanes) is 1. The van der Waals surface area contributed by atoms with Gasteiger partial charge in [-0.05, 0) is 18.6 Å². The standard InChI is InChI=1S/C20H19ClN4O2/c1-3-4-5-16-18(10-22,11-23)19(12-24)13(2)20(26-16,27-17(19)25)14-6-8-15(21)9-7-14/h6-9,13,16,25H,3-5H2,1-2H3. The van der Waals surface area contributed by atoms with Gasteiger partial charge in [-0.2, -0.15) is 15.8 Å². The molecule has 0 aliphatic carbocycles. The predicted molar refractivity (Wildman–Crippen MR) is 97.2 cm³/mol. The largest absolute Gasteiger partial charge is 0.443 e. The molecule has 0 spiro atoms. The highest BCUT2D eigenvalue weighted by atomic mass is 35.5. The second kappa shape index (κ2) is 6.54. The Kier molecular flexibility index (Phi) is 4.64. The second-order valence-corrected chi connectivity index (χ2v) is 7.46. The van der Waals surface area contributed by atoms with Crippen LogP contribution >= 0.6 is 11.6 Å². The number of nitrogens with zero attached hydrogens (tertiary/aromatic N) is 3. The van der Waals surface area contributed by atoms with Crippen LogP contribution in [0, 0.1) is 56.2 Å². The van der Waals surface area contributed by atoms with Crippen LogP contribution in [0.5, 0.6) is 0 Å². The SMILES string of the molecule is CCCCC1OC2(c3ccc(Cl)cc3)OC(=N)C(C#N)(C2C)C1(C#N)C#N. The van der Waals surface area contributed by atoms with Crippen LogP contribution in [0.2, 0.25) is 5.02 Å². The first-order valence-corrected chi connectivity index (χ1v) is 9.22. The van der Waals surface area contributed by atoms with E-state index in [1.165, 1.54) is 0 Å². The Hall–Kier alpha value is -2.59. The van der Waals surface area contributed by atoms with Crippen LogP contribution in [0.25, 0.3) is 0 Å². The van der Waals surface area contributed by atoms with E-state index in [9.17, 15) is 15.8 Å². The molecular weight excluding hydrogens is 364 g/mol. The molecule has 2 aliphatic rings. The minimum atomic E-state index is -1.82. The molecule has 27 heavy (non-hydrogen) atoms. The third kappa shape index (κ3) is 2.23. The van der Waals surface area contributed by atoms with E-state index in [1.807, 2.05) is 19.1 Å². The molecule has 4 unspecified atom stereocenters. The van der Waals surface area contributed by atoms with Gasteiger partial charge in [-0.1, -0.05) is 50.4 Å². The van der Waals surface area contributed by atoms with Gasteiger partial charge in [0.1, 0.15) is 0 Å². The molecule has 2 heterocycles. The zero-order valence-corrected chi connectivity index (χ0v) is 15.9. The van der Waals surface area contributed by atoms with Crippen LogP contribution in [0.15, 0.2) is 24.3 Å². The number of nitriles is 3. The van der Waals surface area contributed by atoms with Crippen LogP contribution in [0.4, 0.5) is 0 Å². The molecule has 1 aromatic rings. The van der Waals surface area contributed by atoms with E-state index in [0.717, 1.165) is 12.8 Å². The Morgan fingerprint density at radius 3 is 2.30 bits per heavy atom. The number of nitrogens with one attached hydrogen (secondary N) is 1. The van der Waals surface area contributed by atoms with Gasteiger partial charge in [0.15, 0.2) is 10.8 Å². The van der Waals surface area contributed by atoms with Crippen molar-refractivity contribution in [1.29, 1.82) is 21.2 Å². The molecule has 2 bridgehead atoms. The molecule has 1 N–H and O–H groups in total. The van der Waals surface area contributed by atoms with E-state index < -0.39 is 34.5 Å². The molecule has 2 aliphatic heterocycles. The maximum absolute atomic E-state index is 10.1. The first kappa shape index (κ1) is 19.2. The van der Waals surface area contributed by atoms with Gasteiger partial charge in [0.25, 0.3) is 0 Å². The molecule has 0 amide bonds. The van der Waals surface area contributed by atoms with Crippen molar-refractivity contribution in [2.45, 2.75) is 45.0 Å². The average molecular weight is 383 g/mol. The lowest BCUT2D eigenvalue weighted by atomic mass is 9.53. The van der Waals surface area contributed by atoms with Crippen LogP contribution in [-0.2, 0) is 15.3 Å². The first-order chi connectivity index (χ1) is 12.9. The van der Waals surface area contributed by atoms with Gasteiger partial charge in [-0.25, -0.2) is 0 Å². The minimum absolute atomic E-state index is 0.394. The summed E-state index contributed by atoms with van der Waals surface area (Å²) in [5, 5.41) is 39.0. The summed E-state index contributed by atoms with van der Waals surface area (Å²) in [6.45, 7) is 3.69. The van der Waals surface area contributed by atoms with Crippen molar-refractivity contribution >= 4 is 17.5 Å². The number of ether oxygens (including phenoxy) is 2. The highest BCUT2D eigenvalue weighted by Crippen LogP contribution is 2.66. The molecule has 0 aromatic heterocycles. The van der Waals surface area contributed by atoms with Gasteiger partial charge in [-0.15, -0.1) is 0 Å². The first-order valence-electron chi connectivity index (χ1n) is 8.84. The normalized spacial score (nSPS) is 33.4. The third-order valence-corrected chi connectivity index (χ3v) is 6.10. The number of fused-ring (bicyclic) bond motifs is 2. The Labute approximate surface area is 163 Å². The van der Waals surface area contributed by atoms with E-state index in [1.54, 1.807) is 31.2 Å². The van der Waals surface area contributed by atoms with E-state index in [2.05, 4.69) is 6.07 Å². The lowest BCUT2D eigenvalue weighted by Gasteiger charge is -2.48. The number of hydrogen-bond donors (Lipinski definition) is 1. The summed E-state index contributed by atoms with van der Waals surface area (Å²) in [5.74, 6) is -2.54. The van der Waals surface area contributed by atoms with E-state index in [-0.39, 0.29) is 0 Å². The molecule has 0 radical (unpaired) electrons. The fourth-order valence-electron chi connectivity index (χ4n) is 4.31. The Bertz CT molecular complexity index is 881. The van der Waals surface area contributed by atoms with Gasteiger partial charge in [0, 0.05) is 10.6 Å². The monoisotopic (exact) mass is 382 g/mol. The number of benzene rings is 1. The molecule has 1 aromatic carbocycles. The van der Waals surface area contributed by atoms with Crippen molar-refractivity contribution in [3.63, 3.8) is 0 Å². The quantitative estimate of drug-likeness (QED) is 0.835. The summed E-state index contributed by atoms with van der Waals surface area (Å²) >= 11 is 5.99. The second-order valence-electron chi connectivity index (χ2n) is 7.03. The molecule has 3 rings (SSSR count). The molecule has 2 fully saturated rings. The summed E-state index contributed by atoms with van der Waals surface area (Å²) in [7, 11) is 0. The van der Waals surface area contributed by atoms with Crippen molar-refractivity contribution in [2.75, 3.05) is 0 Å². The van der Waals surface area contributed by atoms with E-state index in [4.69, 9.17) is 26.5 Å². The van der Waals surface area contributed by atoms with Crippen molar-refractivity contribution in [2.24, 2.45) is 16.7 Å². The van der Waals surface area contributed by atoms with E-state index >= 15 is 0 Å². The summed E-state index contributed by atoms with van der Waals surface area (Å²) in [5.41, 5.74) is -2.93. The third-order valence-electron chi connectivity index (χ3n) is 5.85. The lowest BCUT2D eigenvalue weighted by molar-refractivity contribution is -0.286. The molecule has 6 nitrogen and oxygen atoms in total. The minimum Gasteiger partial charge on any atom is -0.443 e. The highest BCUT2D eigenvalue weighted by molar-refractivity contribution is 6.30. The van der Waals surface area contributed by atoms with Gasteiger partial charge >= 0.3 is 0 Å². The molecule has 0 saturated carbocycles. The molecule has 2 saturated heterocycles. The molecule has 138 valence electrons. The molecule has 4 atom stereocenters. The summed E-state index contributed by atoms with van der Waals surface area (Å²) in [4.78, 5) is 0. The average Bonchev–Trinajstić information content (AvgIpc) is 2.84. The lowest BCUT2D eigenvalue weighted by Crippen LogP contribution is -2.60. The number of hydrogen-bond acceptors (Lipinski definition) is 6. The van der Waals surface area contributed by atoms with Crippen molar-refractivity contribution in [3.05, 3.63) is 34.9 Å². The highest BCUT2D eigenvalue weighted by Gasteiger charge is 2.79. The molecular formula is C20H19ClN4O2. The Balaban J connectivity index is 2.26. The van der Waals surface area contributed by atoms with Crippen LogP contribution in [0.1, 0.15) is 38.7 Å². The topological polar surface area (TPSA) is 114 Å². The summed E-state index contributed by atoms with van der Waals surface area (Å²) in [6, 6.07) is 13.0. The summed E-state index contributed by atoms with van der Waals surface area (Å²) in [6.07, 6.45) is 1.12.